The molecule has 0 radical (unpaired) electrons. The van der Waals surface area contributed by atoms with Gasteiger partial charge in [-0.1, -0.05) is 18.2 Å². The van der Waals surface area contributed by atoms with Crippen LogP contribution in [0.2, 0.25) is 0 Å². The standard InChI is InChI=1S/C20H24N4O2S/c25-19(23-16-7-8-17-15(10-16)12-22-24-17)14-5-3-13(4-6-14)11-21-20(26)18-2-1-9-27-18/h1-6,9,15-17,22,24H,7-8,10-12H2,(H,21,26)(H,23,25). The summed E-state index contributed by atoms with van der Waals surface area (Å²) < 4.78 is 0. The van der Waals surface area contributed by atoms with E-state index in [0.29, 0.717) is 28.9 Å². The van der Waals surface area contributed by atoms with Gasteiger partial charge in [0.15, 0.2) is 0 Å². The van der Waals surface area contributed by atoms with E-state index in [2.05, 4.69) is 21.5 Å². The van der Waals surface area contributed by atoms with Crippen molar-refractivity contribution in [2.75, 3.05) is 6.54 Å². The Kier molecular flexibility index (Phi) is 5.52. The van der Waals surface area contributed by atoms with Crippen LogP contribution in [0, 0.1) is 5.92 Å². The Labute approximate surface area is 162 Å². The molecule has 1 aromatic carbocycles. The van der Waals surface area contributed by atoms with Gasteiger partial charge in [0.2, 0.25) is 0 Å². The minimum Gasteiger partial charge on any atom is -0.349 e. The molecule has 3 unspecified atom stereocenters. The van der Waals surface area contributed by atoms with Crippen molar-refractivity contribution in [3.05, 3.63) is 57.8 Å². The first-order valence-corrected chi connectivity index (χ1v) is 10.3. The third kappa shape index (κ3) is 4.37. The van der Waals surface area contributed by atoms with E-state index in [1.54, 1.807) is 6.07 Å². The third-order valence-corrected chi connectivity index (χ3v) is 6.25. The van der Waals surface area contributed by atoms with Gasteiger partial charge in [-0.2, -0.15) is 0 Å². The van der Waals surface area contributed by atoms with E-state index in [9.17, 15) is 9.59 Å². The van der Waals surface area contributed by atoms with Gasteiger partial charge in [-0.05, 0) is 54.3 Å². The molecule has 0 bridgehead atoms. The maximum atomic E-state index is 12.5. The molecule has 6 nitrogen and oxygen atoms in total. The molecule has 4 N–H and O–H groups in total. The van der Waals surface area contributed by atoms with Crippen molar-refractivity contribution in [3.63, 3.8) is 0 Å². The smallest absolute Gasteiger partial charge is 0.261 e. The molecule has 4 rings (SSSR count). The number of carbonyl (C=O) groups excluding carboxylic acids is 2. The second kappa shape index (κ2) is 8.21. The number of amides is 2. The Hall–Kier alpha value is -2.22. The third-order valence-electron chi connectivity index (χ3n) is 5.38. The van der Waals surface area contributed by atoms with Crippen molar-refractivity contribution >= 4 is 23.2 Å². The van der Waals surface area contributed by atoms with Crippen LogP contribution in [-0.2, 0) is 6.54 Å². The molecule has 3 atom stereocenters. The monoisotopic (exact) mass is 384 g/mol. The van der Waals surface area contributed by atoms with Gasteiger partial charge in [-0.3, -0.25) is 20.4 Å². The van der Waals surface area contributed by atoms with E-state index in [1.807, 2.05) is 35.7 Å². The van der Waals surface area contributed by atoms with Crippen molar-refractivity contribution in [1.29, 1.82) is 0 Å². The molecule has 142 valence electrons. The first-order chi connectivity index (χ1) is 13.2. The van der Waals surface area contributed by atoms with E-state index in [0.717, 1.165) is 31.4 Å². The summed E-state index contributed by atoms with van der Waals surface area (Å²) in [4.78, 5) is 25.2. The molecular weight excluding hydrogens is 360 g/mol. The SMILES string of the molecule is O=C(NC1CCC2NNCC2C1)c1ccc(CNC(=O)c2cccs2)cc1. The van der Waals surface area contributed by atoms with Gasteiger partial charge in [-0.15, -0.1) is 11.3 Å². The lowest BCUT2D eigenvalue weighted by Crippen LogP contribution is -2.44. The molecule has 2 aliphatic rings. The highest BCUT2D eigenvalue weighted by Gasteiger charge is 2.34. The summed E-state index contributed by atoms with van der Waals surface area (Å²) in [6, 6.07) is 11.9. The second-order valence-electron chi connectivity index (χ2n) is 7.23. The first-order valence-electron chi connectivity index (χ1n) is 9.39. The van der Waals surface area contributed by atoms with Crippen LogP contribution >= 0.6 is 11.3 Å². The average Bonchev–Trinajstić information content (AvgIpc) is 3.38. The zero-order valence-corrected chi connectivity index (χ0v) is 15.9. The number of fused-ring (bicyclic) bond motifs is 1. The summed E-state index contributed by atoms with van der Waals surface area (Å²) in [6.07, 6.45) is 3.11. The predicted molar refractivity (Wildman–Crippen MR) is 105 cm³/mol. The van der Waals surface area contributed by atoms with Crippen LogP contribution in [-0.4, -0.2) is 30.4 Å². The molecule has 27 heavy (non-hydrogen) atoms. The zero-order chi connectivity index (χ0) is 18.6. The Morgan fingerprint density at radius 3 is 2.74 bits per heavy atom. The van der Waals surface area contributed by atoms with Crippen LogP contribution in [0.5, 0.6) is 0 Å². The topological polar surface area (TPSA) is 82.3 Å². The number of hydrazine groups is 1. The predicted octanol–water partition coefficient (Wildman–Crippen LogP) is 2.05. The molecule has 1 aromatic heterocycles. The van der Waals surface area contributed by atoms with Crippen molar-refractivity contribution in [2.45, 2.75) is 37.9 Å². The lowest BCUT2D eigenvalue weighted by Gasteiger charge is -2.31. The Morgan fingerprint density at radius 1 is 1.11 bits per heavy atom. The molecule has 1 saturated heterocycles. The number of rotatable bonds is 5. The highest BCUT2D eigenvalue weighted by molar-refractivity contribution is 7.12. The first kappa shape index (κ1) is 18.2. The molecule has 2 aromatic rings. The van der Waals surface area contributed by atoms with Crippen LogP contribution < -0.4 is 21.5 Å². The minimum atomic E-state index is -0.0710. The average molecular weight is 385 g/mol. The molecule has 2 amide bonds. The number of hydrogen-bond donors (Lipinski definition) is 4. The van der Waals surface area contributed by atoms with Crippen molar-refractivity contribution < 1.29 is 9.59 Å². The molecule has 2 fully saturated rings. The lowest BCUT2D eigenvalue weighted by molar-refractivity contribution is 0.0916. The molecule has 1 aliphatic carbocycles. The van der Waals surface area contributed by atoms with E-state index >= 15 is 0 Å². The summed E-state index contributed by atoms with van der Waals surface area (Å²) in [7, 11) is 0. The molecule has 7 heteroatoms. The number of hydrogen-bond acceptors (Lipinski definition) is 5. The Balaban J connectivity index is 1.28. The minimum absolute atomic E-state index is 0.0217. The summed E-state index contributed by atoms with van der Waals surface area (Å²) >= 11 is 1.42. The quantitative estimate of drug-likeness (QED) is 0.636. The summed E-state index contributed by atoms with van der Waals surface area (Å²) in [5, 5.41) is 7.95. The maximum Gasteiger partial charge on any atom is 0.261 e. The summed E-state index contributed by atoms with van der Waals surface area (Å²) in [5.41, 5.74) is 8.15. The Morgan fingerprint density at radius 2 is 1.96 bits per heavy atom. The van der Waals surface area contributed by atoms with Gasteiger partial charge in [0, 0.05) is 30.7 Å². The lowest BCUT2D eigenvalue weighted by atomic mass is 9.83. The highest BCUT2D eigenvalue weighted by atomic mass is 32.1. The number of benzene rings is 1. The summed E-state index contributed by atoms with van der Waals surface area (Å²) in [5.74, 6) is 0.503. The van der Waals surface area contributed by atoms with Gasteiger partial charge in [0.1, 0.15) is 0 Å². The van der Waals surface area contributed by atoms with Crippen LogP contribution in [0.1, 0.15) is 44.9 Å². The van der Waals surface area contributed by atoms with Gasteiger partial charge in [0.05, 0.1) is 4.88 Å². The van der Waals surface area contributed by atoms with Gasteiger partial charge in [0.25, 0.3) is 11.8 Å². The normalized spacial score (nSPS) is 24.2. The zero-order valence-electron chi connectivity index (χ0n) is 15.0. The van der Waals surface area contributed by atoms with E-state index in [-0.39, 0.29) is 17.9 Å². The van der Waals surface area contributed by atoms with Gasteiger partial charge in [-0.25, -0.2) is 0 Å². The number of nitrogens with one attached hydrogen (secondary N) is 4. The highest BCUT2D eigenvalue weighted by Crippen LogP contribution is 2.26. The van der Waals surface area contributed by atoms with Crippen molar-refractivity contribution in [1.82, 2.24) is 21.5 Å². The van der Waals surface area contributed by atoms with Crippen LogP contribution in [0.15, 0.2) is 41.8 Å². The summed E-state index contributed by atoms with van der Waals surface area (Å²) in [6.45, 7) is 1.42. The molecular formula is C20H24N4O2S. The fourth-order valence-corrected chi connectivity index (χ4v) is 4.49. The van der Waals surface area contributed by atoms with E-state index < -0.39 is 0 Å². The fraction of sp³-hybridized carbons (Fsp3) is 0.400. The van der Waals surface area contributed by atoms with Crippen molar-refractivity contribution in [3.8, 4) is 0 Å². The largest absolute Gasteiger partial charge is 0.349 e. The van der Waals surface area contributed by atoms with Crippen LogP contribution in [0.25, 0.3) is 0 Å². The van der Waals surface area contributed by atoms with Gasteiger partial charge >= 0.3 is 0 Å². The molecule has 0 spiro atoms. The van der Waals surface area contributed by atoms with Crippen LogP contribution in [0.4, 0.5) is 0 Å². The second-order valence-corrected chi connectivity index (χ2v) is 8.18. The Bertz CT molecular complexity index is 791. The van der Waals surface area contributed by atoms with E-state index in [1.165, 1.54) is 11.3 Å². The maximum absolute atomic E-state index is 12.5. The molecule has 1 saturated carbocycles. The van der Waals surface area contributed by atoms with Gasteiger partial charge < -0.3 is 10.6 Å². The number of carbonyl (C=O) groups is 2. The van der Waals surface area contributed by atoms with Crippen molar-refractivity contribution in [2.24, 2.45) is 5.92 Å². The molecule has 2 heterocycles. The fourth-order valence-electron chi connectivity index (χ4n) is 3.85. The van der Waals surface area contributed by atoms with Crippen LogP contribution in [0.3, 0.4) is 0 Å². The van der Waals surface area contributed by atoms with E-state index in [4.69, 9.17) is 0 Å². The number of thiophene rings is 1. The molecule has 1 aliphatic heterocycles.